The Labute approximate surface area is 139 Å². The summed E-state index contributed by atoms with van der Waals surface area (Å²) in [4.78, 5) is 15.3. The fourth-order valence-electron chi connectivity index (χ4n) is 4.26. The molecule has 1 atom stereocenters. The second-order valence-electron chi connectivity index (χ2n) is 7.65. The fraction of sp³-hybridized carbons (Fsp3) is 0.650. The highest BCUT2D eigenvalue weighted by molar-refractivity contribution is 5.89. The molecule has 0 aromatic heterocycles. The van der Waals surface area contributed by atoms with Crippen LogP contribution >= 0.6 is 0 Å². The molecule has 1 saturated heterocycles. The Bertz CT molecular complexity index is 543. The normalized spacial score (nSPS) is 23.7. The van der Waals surface area contributed by atoms with Gasteiger partial charge in [-0.2, -0.15) is 0 Å². The number of carbonyl (C=O) groups is 1. The predicted octanol–water partition coefficient (Wildman–Crippen LogP) is 3.46. The molecule has 3 rings (SSSR count). The van der Waals surface area contributed by atoms with Gasteiger partial charge in [-0.3, -0.25) is 4.79 Å². The average Bonchev–Trinajstić information content (AvgIpc) is 3.24. The van der Waals surface area contributed by atoms with Crippen molar-refractivity contribution in [2.75, 3.05) is 19.7 Å². The van der Waals surface area contributed by atoms with Crippen molar-refractivity contribution in [2.45, 2.75) is 57.3 Å². The SMILES string of the molecule is CC(C)c1ccc(C2(C(=O)N3CCC(CO)C3)CCCC2)cc1. The molecule has 1 aliphatic carbocycles. The minimum absolute atomic E-state index is 0.194. The van der Waals surface area contributed by atoms with Crippen LogP contribution in [0.15, 0.2) is 24.3 Å². The molecule has 1 unspecified atom stereocenters. The molecule has 2 aliphatic rings. The van der Waals surface area contributed by atoms with Crippen molar-refractivity contribution >= 4 is 5.91 Å². The molecular formula is C20H29NO2. The van der Waals surface area contributed by atoms with E-state index in [2.05, 4.69) is 38.1 Å². The molecule has 126 valence electrons. The van der Waals surface area contributed by atoms with Gasteiger partial charge in [-0.15, -0.1) is 0 Å². The highest BCUT2D eigenvalue weighted by atomic mass is 16.3. The molecule has 1 aliphatic heterocycles. The molecule has 1 amide bonds. The lowest BCUT2D eigenvalue weighted by Gasteiger charge is -2.33. The van der Waals surface area contributed by atoms with E-state index in [1.807, 2.05) is 4.90 Å². The van der Waals surface area contributed by atoms with Crippen molar-refractivity contribution in [3.63, 3.8) is 0 Å². The van der Waals surface area contributed by atoms with Gasteiger partial charge in [0.15, 0.2) is 0 Å². The maximum absolute atomic E-state index is 13.3. The molecular weight excluding hydrogens is 286 g/mol. The third kappa shape index (κ3) is 3.03. The van der Waals surface area contributed by atoms with Crippen LogP contribution in [-0.4, -0.2) is 35.6 Å². The summed E-state index contributed by atoms with van der Waals surface area (Å²) >= 11 is 0. The second kappa shape index (κ2) is 6.64. The Morgan fingerprint density at radius 3 is 2.43 bits per heavy atom. The first-order chi connectivity index (χ1) is 11.1. The molecule has 23 heavy (non-hydrogen) atoms. The summed E-state index contributed by atoms with van der Waals surface area (Å²) in [5, 5.41) is 9.36. The smallest absolute Gasteiger partial charge is 0.233 e. The lowest BCUT2D eigenvalue weighted by Crippen LogP contribution is -2.44. The number of benzene rings is 1. The van der Waals surface area contributed by atoms with Gasteiger partial charge in [0.05, 0.1) is 5.41 Å². The van der Waals surface area contributed by atoms with Gasteiger partial charge in [0.1, 0.15) is 0 Å². The van der Waals surface area contributed by atoms with Gasteiger partial charge in [0.2, 0.25) is 5.91 Å². The van der Waals surface area contributed by atoms with Crippen LogP contribution < -0.4 is 0 Å². The van der Waals surface area contributed by atoms with Crippen molar-refractivity contribution < 1.29 is 9.90 Å². The molecule has 1 N–H and O–H groups in total. The number of aliphatic hydroxyl groups excluding tert-OH is 1. The van der Waals surface area contributed by atoms with E-state index in [-0.39, 0.29) is 17.9 Å². The van der Waals surface area contributed by atoms with Crippen LogP contribution in [0.25, 0.3) is 0 Å². The van der Waals surface area contributed by atoms with Crippen molar-refractivity contribution in [1.29, 1.82) is 0 Å². The van der Waals surface area contributed by atoms with Crippen LogP contribution in [0, 0.1) is 5.92 Å². The molecule has 2 fully saturated rings. The molecule has 1 saturated carbocycles. The zero-order valence-electron chi connectivity index (χ0n) is 14.4. The number of carbonyl (C=O) groups excluding carboxylic acids is 1. The van der Waals surface area contributed by atoms with E-state index >= 15 is 0 Å². The van der Waals surface area contributed by atoms with Crippen LogP contribution in [0.2, 0.25) is 0 Å². The van der Waals surface area contributed by atoms with Crippen LogP contribution in [0.4, 0.5) is 0 Å². The van der Waals surface area contributed by atoms with Crippen molar-refractivity contribution in [3.8, 4) is 0 Å². The third-order valence-corrected chi connectivity index (χ3v) is 5.83. The summed E-state index contributed by atoms with van der Waals surface area (Å²) in [7, 11) is 0. The zero-order valence-corrected chi connectivity index (χ0v) is 14.4. The molecule has 3 heteroatoms. The summed E-state index contributed by atoms with van der Waals surface area (Å²) in [5.74, 6) is 1.08. The van der Waals surface area contributed by atoms with E-state index in [9.17, 15) is 9.90 Å². The Kier molecular flexibility index (Phi) is 4.77. The first kappa shape index (κ1) is 16.5. The Balaban J connectivity index is 1.86. The molecule has 1 aromatic rings. The molecule has 1 heterocycles. The Morgan fingerprint density at radius 2 is 1.91 bits per heavy atom. The topological polar surface area (TPSA) is 40.5 Å². The summed E-state index contributed by atoms with van der Waals surface area (Å²) in [6.45, 7) is 6.12. The van der Waals surface area contributed by atoms with E-state index in [0.717, 1.165) is 45.2 Å². The van der Waals surface area contributed by atoms with Crippen LogP contribution in [0.3, 0.4) is 0 Å². The highest BCUT2D eigenvalue weighted by Gasteiger charge is 2.46. The van der Waals surface area contributed by atoms with E-state index < -0.39 is 0 Å². The van der Waals surface area contributed by atoms with Crippen LogP contribution in [0.1, 0.15) is 63.0 Å². The molecule has 0 radical (unpaired) electrons. The number of aliphatic hydroxyl groups is 1. The first-order valence-corrected chi connectivity index (χ1v) is 9.07. The van der Waals surface area contributed by atoms with Crippen molar-refractivity contribution in [1.82, 2.24) is 4.90 Å². The Morgan fingerprint density at radius 1 is 1.26 bits per heavy atom. The minimum atomic E-state index is -0.320. The first-order valence-electron chi connectivity index (χ1n) is 9.07. The fourth-order valence-corrected chi connectivity index (χ4v) is 4.26. The quantitative estimate of drug-likeness (QED) is 0.924. The summed E-state index contributed by atoms with van der Waals surface area (Å²) in [6.07, 6.45) is 5.13. The van der Waals surface area contributed by atoms with Crippen molar-refractivity contribution in [2.24, 2.45) is 5.92 Å². The lowest BCUT2D eigenvalue weighted by molar-refractivity contribution is -0.136. The van der Waals surface area contributed by atoms with Gasteiger partial charge >= 0.3 is 0 Å². The van der Waals surface area contributed by atoms with Crippen LogP contribution in [0.5, 0.6) is 0 Å². The summed E-state index contributed by atoms with van der Waals surface area (Å²) < 4.78 is 0. The third-order valence-electron chi connectivity index (χ3n) is 5.83. The maximum atomic E-state index is 13.3. The van der Waals surface area contributed by atoms with Gasteiger partial charge < -0.3 is 10.0 Å². The van der Waals surface area contributed by atoms with E-state index in [0.29, 0.717) is 11.8 Å². The molecule has 1 aromatic carbocycles. The maximum Gasteiger partial charge on any atom is 0.233 e. The number of rotatable bonds is 4. The molecule has 0 spiro atoms. The van der Waals surface area contributed by atoms with Gasteiger partial charge in [0.25, 0.3) is 0 Å². The average molecular weight is 315 g/mol. The van der Waals surface area contributed by atoms with Gasteiger partial charge in [-0.1, -0.05) is 51.0 Å². The molecule has 3 nitrogen and oxygen atoms in total. The monoisotopic (exact) mass is 315 g/mol. The second-order valence-corrected chi connectivity index (χ2v) is 7.65. The van der Waals surface area contributed by atoms with E-state index in [4.69, 9.17) is 0 Å². The number of likely N-dealkylation sites (tertiary alicyclic amines) is 1. The molecule has 0 bridgehead atoms. The predicted molar refractivity (Wildman–Crippen MR) is 92.4 cm³/mol. The van der Waals surface area contributed by atoms with Crippen molar-refractivity contribution in [3.05, 3.63) is 35.4 Å². The number of hydrogen-bond donors (Lipinski definition) is 1. The minimum Gasteiger partial charge on any atom is -0.396 e. The van der Waals surface area contributed by atoms with E-state index in [1.165, 1.54) is 11.1 Å². The van der Waals surface area contributed by atoms with Crippen LogP contribution in [-0.2, 0) is 10.2 Å². The van der Waals surface area contributed by atoms with Gasteiger partial charge in [-0.25, -0.2) is 0 Å². The Hall–Kier alpha value is -1.35. The van der Waals surface area contributed by atoms with Gasteiger partial charge in [0, 0.05) is 25.6 Å². The van der Waals surface area contributed by atoms with E-state index in [1.54, 1.807) is 0 Å². The number of amides is 1. The number of nitrogens with zero attached hydrogens (tertiary/aromatic N) is 1. The largest absolute Gasteiger partial charge is 0.396 e. The standard InChI is InChI=1S/C20H29NO2/c1-15(2)17-5-7-18(8-6-17)20(10-3-4-11-20)19(23)21-12-9-16(13-21)14-22/h5-8,15-16,22H,3-4,9-14H2,1-2H3. The zero-order chi connectivity index (χ0) is 16.4. The lowest BCUT2D eigenvalue weighted by atomic mass is 9.77. The summed E-state index contributed by atoms with van der Waals surface area (Å²) in [6, 6.07) is 8.73. The van der Waals surface area contributed by atoms with Gasteiger partial charge in [-0.05, 0) is 36.3 Å². The highest BCUT2D eigenvalue weighted by Crippen LogP contribution is 2.43. The summed E-state index contributed by atoms with van der Waals surface area (Å²) in [5.41, 5.74) is 2.20. The number of hydrogen-bond acceptors (Lipinski definition) is 2.